The first-order chi connectivity index (χ1) is 9.06. The van der Waals surface area contributed by atoms with E-state index in [1.54, 1.807) is 19.2 Å². The molecule has 0 heterocycles. The molecule has 0 aliphatic carbocycles. The number of hydrogen-bond donors (Lipinski definition) is 1. The number of benzene rings is 1. The van der Waals surface area contributed by atoms with Crippen LogP contribution in [0.1, 0.15) is 24.5 Å². The summed E-state index contributed by atoms with van der Waals surface area (Å²) in [7, 11) is 1.81. The topological polar surface area (TPSA) is 56.1 Å². The molecule has 4 nitrogen and oxygen atoms in total. The molecule has 1 aromatic carbocycles. The summed E-state index contributed by atoms with van der Waals surface area (Å²) in [4.78, 5) is 13.3. The third-order valence-electron chi connectivity index (χ3n) is 2.59. The fourth-order valence-electron chi connectivity index (χ4n) is 1.69. The predicted octanol–water partition coefficient (Wildman–Crippen LogP) is 1.66. The van der Waals surface area contributed by atoms with Gasteiger partial charge in [-0.25, -0.2) is 4.39 Å². The van der Waals surface area contributed by atoms with Crippen LogP contribution in [0.2, 0.25) is 0 Å². The van der Waals surface area contributed by atoms with E-state index in [0.717, 1.165) is 12.0 Å². The summed E-state index contributed by atoms with van der Waals surface area (Å²) in [6.07, 6.45) is 0.902. The smallest absolute Gasteiger partial charge is 0.234 e. The van der Waals surface area contributed by atoms with E-state index in [1.165, 1.54) is 12.1 Å². The number of rotatable bonds is 6. The highest BCUT2D eigenvalue weighted by Crippen LogP contribution is 2.11. The SMILES string of the molecule is CCCNC(=O)CN(C)Cc1ccc(F)c(C#N)c1. The number of nitrogens with one attached hydrogen (secondary N) is 1. The van der Waals surface area contributed by atoms with Crippen LogP contribution in [0.3, 0.4) is 0 Å². The molecule has 0 aliphatic heterocycles. The Morgan fingerprint density at radius 1 is 1.53 bits per heavy atom. The third kappa shape index (κ3) is 5.06. The molecular weight excluding hydrogens is 245 g/mol. The molecule has 0 atom stereocenters. The molecule has 1 N–H and O–H groups in total. The van der Waals surface area contributed by atoms with Gasteiger partial charge in [0.25, 0.3) is 0 Å². The maximum Gasteiger partial charge on any atom is 0.234 e. The lowest BCUT2D eigenvalue weighted by atomic mass is 10.1. The zero-order valence-electron chi connectivity index (χ0n) is 11.2. The Kier molecular flexibility index (Phi) is 5.97. The molecule has 1 amide bonds. The van der Waals surface area contributed by atoms with Gasteiger partial charge in [-0.3, -0.25) is 9.69 Å². The Bertz CT molecular complexity index is 482. The number of nitriles is 1. The van der Waals surface area contributed by atoms with Crippen LogP contribution in [0.25, 0.3) is 0 Å². The van der Waals surface area contributed by atoms with Crippen molar-refractivity contribution in [3.63, 3.8) is 0 Å². The Balaban J connectivity index is 2.55. The van der Waals surface area contributed by atoms with E-state index in [-0.39, 0.29) is 18.0 Å². The van der Waals surface area contributed by atoms with Crippen molar-refractivity contribution in [3.05, 3.63) is 35.1 Å². The van der Waals surface area contributed by atoms with E-state index >= 15 is 0 Å². The second-order valence-electron chi connectivity index (χ2n) is 4.45. The molecule has 0 bridgehead atoms. The van der Waals surface area contributed by atoms with Crippen molar-refractivity contribution in [2.75, 3.05) is 20.1 Å². The van der Waals surface area contributed by atoms with E-state index in [1.807, 2.05) is 11.8 Å². The van der Waals surface area contributed by atoms with Gasteiger partial charge in [0.15, 0.2) is 0 Å². The van der Waals surface area contributed by atoms with E-state index in [0.29, 0.717) is 13.1 Å². The molecule has 0 aliphatic rings. The minimum absolute atomic E-state index is 0.0290. The molecule has 0 saturated carbocycles. The molecule has 1 aromatic rings. The van der Waals surface area contributed by atoms with Crippen molar-refractivity contribution in [1.82, 2.24) is 10.2 Å². The Morgan fingerprint density at radius 2 is 2.26 bits per heavy atom. The molecule has 0 unspecified atom stereocenters. The van der Waals surface area contributed by atoms with Gasteiger partial charge in [-0.2, -0.15) is 5.26 Å². The predicted molar refractivity (Wildman–Crippen MR) is 70.7 cm³/mol. The van der Waals surface area contributed by atoms with Crippen LogP contribution >= 0.6 is 0 Å². The highest BCUT2D eigenvalue weighted by atomic mass is 19.1. The Morgan fingerprint density at radius 3 is 2.89 bits per heavy atom. The molecule has 0 radical (unpaired) electrons. The first-order valence-electron chi connectivity index (χ1n) is 6.20. The van der Waals surface area contributed by atoms with E-state index in [9.17, 15) is 9.18 Å². The maximum absolute atomic E-state index is 13.2. The molecule has 5 heteroatoms. The summed E-state index contributed by atoms with van der Waals surface area (Å²) in [5.41, 5.74) is 0.838. The summed E-state index contributed by atoms with van der Waals surface area (Å²) in [6.45, 7) is 3.43. The highest BCUT2D eigenvalue weighted by Gasteiger charge is 2.08. The van der Waals surface area contributed by atoms with Crippen molar-refractivity contribution in [2.24, 2.45) is 0 Å². The number of amides is 1. The van der Waals surface area contributed by atoms with Gasteiger partial charge < -0.3 is 5.32 Å². The fraction of sp³-hybridized carbons (Fsp3) is 0.429. The molecule has 0 saturated heterocycles. The van der Waals surface area contributed by atoms with Gasteiger partial charge in [0.2, 0.25) is 5.91 Å². The average Bonchev–Trinajstić information content (AvgIpc) is 2.38. The van der Waals surface area contributed by atoms with E-state index < -0.39 is 5.82 Å². The largest absolute Gasteiger partial charge is 0.355 e. The lowest BCUT2D eigenvalue weighted by Crippen LogP contribution is -2.35. The van der Waals surface area contributed by atoms with Crippen LogP contribution in [0.15, 0.2) is 18.2 Å². The van der Waals surface area contributed by atoms with Crippen molar-refractivity contribution in [1.29, 1.82) is 5.26 Å². The third-order valence-corrected chi connectivity index (χ3v) is 2.59. The van der Waals surface area contributed by atoms with Crippen LogP contribution in [0, 0.1) is 17.1 Å². The minimum Gasteiger partial charge on any atom is -0.355 e. The van der Waals surface area contributed by atoms with Crippen LogP contribution < -0.4 is 5.32 Å². The number of hydrogen-bond acceptors (Lipinski definition) is 3. The number of carbonyl (C=O) groups excluding carboxylic acids is 1. The van der Waals surface area contributed by atoms with Crippen molar-refractivity contribution >= 4 is 5.91 Å². The molecule has 0 aromatic heterocycles. The number of likely N-dealkylation sites (N-methyl/N-ethyl adjacent to an activating group) is 1. The second kappa shape index (κ2) is 7.49. The van der Waals surface area contributed by atoms with Crippen molar-refractivity contribution in [3.8, 4) is 6.07 Å². The Hall–Kier alpha value is -1.93. The van der Waals surface area contributed by atoms with Crippen molar-refractivity contribution in [2.45, 2.75) is 19.9 Å². The molecule has 0 fully saturated rings. The highest BCUT2D eigenvalue weighted by molar-refractivity contribution is 5.77. The summed E-state index contributed by atoms with van der Waals surface area (Å²) in [6, 6.07) is 6.21. The maximum atomic E-state index is 13.2. The minimum atomic E-state index is -0.519. The van der Waals surface area contributed by atoms with Gasteiger partial charge in [0.05, 0.1) is 12.1 Å². The standard InChI is InChI=1S/C14H18FN3O/c1-3-6-17-14(19)10-18(2)9-11-4-5-13(15)12(7-11)8-16/h4-5,7H,3,6,9-10H2,1-2H3,(H,17,19). The molecular formula is C14H18FN3O. The van der Waals surface area contributed by atoms with Crippen molar-refractivity contribution < 1.29 is 9.18 Å². The summed E-state index contributed by atoms with van der Waals surface area (Å²) < 4.78 is 13.2. The van der Waals surface area contributed by atoms with Gasteiger partial charge in [-0.05, 0) is 31.2 Å². The average molecular weight is 263 g/mol. The molecule has 19 heavy (non-hydrogen) atoms. The monoisotopic (exact) mass is 263 g/mol. The molecule has 1 rings (SSSR count). The van der Waals surface area contributed by atoms with Gasteiger partial charge in [-0.1, -0.05) is 13.0 Å². The molecule has 102 valence electrons. The summed E-state index contributed by atoms with van der Waals surface area (Å²) >= 11 is 0. The van der Waals surface area contributed by atoms with E-state index in [2.05, 4.69) is 5.32 Å². The fourth-order valence-corrected chi connectivity index (χ4v) is 1.69. The zero-order chi connectivity index (χ0) is 14.3. The summed E-state index contributed by atoms with van der Waals surface area (Å²) in [5, 5.41) is 11.5. The lowest BCUT2D eigenvalue weighted by molar-refractivity contribution is -0.122. The first kappa shape index (κ1) is 15.1. The van der Waals surface area contributed by atoms with Gasteiger partial charge in [0, 0.05) is 13.1 Å². The second-order valence-corrected chi connectivity index (χ2v) is 4.45. The van der Waals surface area contributed by atoms with Crippen LogP contribution in [-0.2, 0) is 11.3 Å². The van der Waals surface area contributed by atoms with Crippen LogP contribution in [-0.4, -0.2) is 30.9 Å². The first-order valence-corrected chi connectivity index (χ1v) is 6.20. The molecule has 0 spiro atoms. The number of nitrogens with zero attached hydrogens (tertiary/aromatic N) is 2. The van der Waals surface area contributed by atoms with E-state index in [4.69, 9.17) is 5.26 Å². The summed E-state index contributed by atoms with van der Waals surface area (Å²) in [5.74, 6) is -0.554. The zero-order valence-corrected chi connectivity index (χ0v) is 11.2. The quantitative estimate of drug-likeness (QED) is 0.849. The number of halogens is 1. The number of carbonyl (C=O) groups is 1. The Labute approximate surface area is 112 Å². The van der Waals surface area contributed by atoms with Gasteiger partial charge >= 0.3 is 0 Å². The van der Waals surface area contributed by atoms with Gasteiger partial charge in [0.1, 0.15) is 11.9 Å². The van der Waals surface area contributed by atoms with Gasteiger partial charge in [-0.15, -0.1) is 0 Å². The van der Waals surface area contributed by atoms with Crippen LogP contribution in [0.4, 0.5) is 4.39 Å². The normalized spacial score (nSPS) is 10.3. The van der Waals surface area contributed by atoms with Crippen LogP contribution in [0.5, 0.6) is 0 Å². The lowest BCUT2D eigenvalue weighted by Gasteiger charge is -2.16.